The average Bonchev–Trinajstić information content (AvgIpc) is 2.59. The number of piperidine rings is 1. The molecule has 154 valence electrons. The van der Waals surface area contributed by atoms with E-state index in [9.17, 15) is 8.42 Å². The second-order valence-electron chi connectivity index (χ2n) is 6.56. The van der Waals surface area contributed by atoms with Crippen LogP contribution < -0.4 is 0 Å². The summed E-state index contributed by atoms with van der Waals surface area (Å²) in [4.78, 5) is 21.7. The Morgan fingerprint density at radius 2 is 1.54 bits per heavy atom. The Labute approximate surface area is 156 Å². The Kier molecular flexibility index (Phi) is 12.4. The van der Waals surface area contributed by atoms with Gasteiger partial charge in [-0.05, 0) is 39.7 Å². The van der Waals surface area contributed by atoms with Crippen LogP contribution in [0.1, 0.15) is 26.7 Å². The van der Waals surface area contributed by atoms with Crippen molar-refractivity contribution in [3.63, 3.8) is 0 Å². The fourth-order valence-corrected chi connectivity index (χ4v) is 4.47. The van der Waals surface area contributed by atoms with Crippen LogP contribution >= 0.6 is 0 Å². The molecule has 10 heteroatoms. The van der Waals surface area contributed by atoms with Gasteiger partial charge in [-0.25, -0.2) is 12.7 Å². The minimum absolute atomic E-state index is 0.229. The largest absolute Gasteiger partial charge is 0.483 e. The zero-order chi connectivity index (χ0) is 20.2. The molecular weight excluding hydrogens is 362 g/mol. The highest BCUT2D eigenvalue weighted by Crippen LogP contribution is 2.22. The van der Waals surface area contributed by atoms with E-state index < -0.39 is 10.0 Å². The van der Waals surface area contributed by atoms with Crippen LogP contribution in [0.2, 0.25) is 0 Å². The van der Waals surface area contributed by atoms with Crippen LogP contribution in [0, 0.1) is 5.92 Å². The number of rotatable bonds is 4. The van der Waals surface area contributed by atoms with Crippen LogP contribution in [0.3, 0.4) is 0 Å². The van der Waals surface area contributed by atoms with Gasteiger partial charge in [0, 0.05) is 45.3 Å². The maximum Gasteiger partial charge on any atom is 0.290 e. The van der Waals surface area contributed by atoms with E-state index in [1.807, 2.05) is 0 Å². The number of sulfonamides is 1. The summed E-state index contributed by atoms with van der Waals surface area (Å²) in [7, 11) is -0.800. The molecule has 1 unspecified atom stereocenters. The molecular formula is C16H33N3O6S. The molecule has 26 heavy (non-hydrogen) atoms. The molecule has 0 radical (unpaired) electrons. The lowest BCUT2D eigenvalue weighted by molar-refractivity contribution is -0.123. The van der Waals surface area contributed by atoms with Crippen LogP contribution in [0.5, 0.6) is 0 Å². The number of carbonyl (C=O) groups is 2. The number of piperazine rings is 1. The van der Waals surface area contributed by atoms with Crippen molar-refractivity contribution in [1.82, 2.24) is 14.1 Å². The molecule has 1 atom stereocenters. The van der Waals surface area contributed by atoms with Gasteiger partial charge in [-0.15, -0.1) is 0 Å². The van der Waals surface area contributed by atoms with Crippen LogP contribution in [-0.4, -0.2) is 104 Å². The number of hydrogen-bond donors (Lipinski definition) is 2. The minimum atomic E-state index is -2.98. The fourth-order valence-electron chi connectivity index (χ4n) is 3.33. The summed E-state index contributed by atoms with van der Waals surface area (Å²) in [6.45, 7) is 9.52. The summed E-state index contributed by atoms with van der Waals surface area (Å²) >= 11 is 0. The van der Waals surface area contributed by atoms with E-state index in [2.05, 4.69) is 23.8 Å². The van der Waals surface area contributed by atoms with E-state index in [0.29, 0.717) is 25.0 Å². The van der Waals surface area contributed by atoms with Gasteiger partial charge in [-0.2, -0.15) is 0 Å². The van der Waals surface area contributed by atoms with Gasteiger partial charge < -0.3 is 15.1 Å². The van der Waals surface area contributed by atoms with E-state index in [-0.39, 0.29) is 18.7 Å². The zero-order valence-electron chi connectivity index (χ0n) is 16.0. The first-order valence-corrected chi connectivity index (χ1v) is 10.4. The van der Waals surface area contributed by atoms with Gasteiger partial charge in [0.1, 0.15) is 0 Å². The van der Waals surface area contributed by atoms with Crippen LogP contribution in [-0.2, 0) is 19.6 Å². The normalized spacial score (nSPS) is 23.1. The summed E-state index contributed by atoms with van der Waals surface area (Å²) in [6.07, 6.45) is 2.02. The molecule has 2 saturated heterocycles. The van der Waals surface area contributed by atoms with Gasteiger partial charge in [-0.3, -0.25) is 14.5 Å². The summed E-state index contributed by atoms with van der Waals surface area (Å²) < 4.78 is 25.4. The van der Waals surface area contributed by atoms with Crippen LogP contribution in [0.25, 0.3) is 0 Å². The smallest absolute Gasteiger partial charge is 0.290 e. The molecule has 2 fully saturated rings. The van der Waals surface area contributed by atoms with Crippen molar-refractivity contribution in [2.75, 3.05) is 52.1 Å². The second-order valence-corrected chi connectivity index (χ2v) is 8.82. The van der Waals surface area contributed by atoms with Gasteiger partial charge in [0.25, 0.3) is 12.9 Å². The standard InChI is InChI=1S/C14H29N3O2S.2CH2O2/c1-4-20(18,19)17-7-5-14(6-8-17)12-16-10-9-15(3)11-13(16)2;2*2-1-3/h13-14H,4-12H2,1-3H3;2*1H,(H,2,3). The summed E-state index contributed by atoms with van der Waals surface area (Å²) in [5.41, 5.74) is 0. The van der Waals surface area contributed by atoms with Crippen molar-refractivity contribution in [2.45, 2.75) is 32.7 Å². The third-order valence-electron chi connectivity index (χ3n) is 4.79. The van der Waals surface area contributed by atoms with E-state index in [4.69, 9.17) is 19.8 Å². The Morgan fingerprint density at radius 1 is 1.04 bits per heavy atom. The number of nitrogens with zero attached hydrogens (tertiary/aromatic N) is 3. The van der Waals surface area contributed by atoms with Crippen LogP contribution in [0.15, 0.2) is 0 Å². The monoisotopic (exact) mass is 395 g/mol. The predicted octanol–water partition coefficient (Wildman–Crippen LogP) is 0.0856. The molecule has 2 aliphatic rings. The topological polar surface area (TPSA) is 118 Å². The van der Waals surface area contributed by atoms with Gasteiger partial charge in [0.2, 0.25) is 10.0 Å². The van der Waals surface area contributed by atoms with Gasteiger partial charge >= 0.3 is 0 Å². The molecule has 2 heterocycles. The molecule has 0 aromatic heterocycles. The lowest BCUT2D eigenvalue weighted by Gasteiger charge is -2.41. The van der Waals surface area contributed by atoms with Crippen molar-refractivity contribution in [1.29, 1.82) is 0 Å². The Balaban J connectivity index is 0.000000918. The maximum atomic E-state index is 11.8. The Morgan fingerprint density at radius 3 is 1.96 bits per heavy atom. The molecule has 0 spiro atoms. The lowest BCUT2D eigenvalue weighted by atomic mass is 9.96. The number of carboxylic acid groups (broad SMARTS) is 2. The Hall–Kier alpha value is -1.23. The molecule has 9 nitrogen and oxygen atoms in total. The molecule has 0 bridgehead atoms. The lowest BCUT2D eigenvalue weighted by Crippen LogP contribution is -2.52. The Bertz CT molecular complexity index is 488. The predicted molar refractivity (Wildman–Crippen MR) is 99.7 cm³/mol. The maximum absolute atomic E-state index is 11.8. The van der Waals surface area contributed by atoms with Crippen LogP contribution in [0.4, 0.5) is 0 Å². The highest BCUT2D eigenvalue weighted by atomic mass is 32.2. The summed E-state index contributed by atoms with van der Waals surface area (Å²) in [6, 6.07) is 0.617. The molecule has 0 aromatic rings. The van der Waals surface area contributed by atoms with E-state index in [0.717, 1.165) is 39.0 Å². The molecule has 0 aromatic carbocycles. The van der Waals surface area contributed by atoms with Crippen molar-refractivity contribution < 1.29 is 28.2 Å². The third-order valence-corrected chi connectivity index (χ3v) is 6.67. The number of likely N-dealkylation sites (N-methyl/N-ethyl adjacent to an activating group) is 1. The van der Waals surface area contributed by atoms with E-state index in [1.54, 1.807) is 11.2 Å². The average molecular weight is 396 g/mol. The fraction of sp³-hybridized carbons (Fsp3) is 0.875. The molecule has 2 aliphatic heterocycles. The third kappa shape index (κ3) is 8.93. The van der Waals surface area contributed by atoms with Crippen molar-refractivity contribution in [2.24, 2.45) is 5.92 Å². The highest BCUT2D eigenvalue weighted by molar-refractivity contribution is 7.89. The summed E-state index contributed by atoms with van der Waals surface area (Å²) in [5.74, 6) is 0.886. The van der Waals surface area contributed by atoms with Crippen molar-refractivity contribution in [3.05, 3.63) is 0 Å². The highest BCUT2D eigenvalue weighted by Gasteiger charge is 2.29. The quantitative estimate of drug-likeness (QED) is 0.643. The first kappa shape index (κ1) is 24.8. The number of hydrogen-bond acceptors (Lipinski definition) is 6. The van der Waals surface area contributed by atoms with Crippen molar-refractivity contribution in [3.8, 4) is 0 Å². The van der Waals surface area contributed by atoms with E-state index >= 15 is 0 Å². The molecule has 0 amide bonds. The van der Waals surface area contributed by atoms with E-state index in [1.165, 1.54) is 0 Å². The van der Waals surface area contributed by atoms with Gasteiger partial charge in [0.15, 0.2) is 0 Å². The molecule has 0 saturated carbocycles. The first-order chi connectivity index (χ1) is 12.2. The van der Waals surface area contributed by atoms with Gasteiger partial charge in [0.05, 0.1) is 5.75 Å². The van der Waals surface area contributed by atoms with Gasteiger partial charge in [-0.1, -0.05) is 0 Å². The minimum Gasteiger partial charge on any atom is -0.483 e. The molecule has 2 N–H and O–H groups in total. The second kappa shape index (κ2) is 13.0. The SMILES string of the molecule is CCS(=O)(=O)N1CCC(CN2CCN(C)CC2C)CC1.O=CO.O=CO. The summed E-state index contributed by atoms with van der Waals surface area (Å²) in [5, 5.41) is 13.8. The first-order valence-electron chi connectivity index (χ1n) is 8.81. The van der Waals surface area contributed by atoms with Crippen molar-refractivity contribution >= 4 is 23.0 Å². The molecule has 2 rings (SSSR count). The molecule has 0 aliphatic carbocycles. The zero-order valence-corrected chi connectivity index (χ0v) is 16.8.